The second-order valence-electron chi connectivity index (χ2n) is 12.1. The molecular formula is C31H34F7NO6. The number of aldehydes is 1. The van der Waals surface area contributed by atoms with E-state index in [9.17, 15) is 45.1 Å². The third-order valence-electron chi connectivity index (χ3n) is 7.61. The third kappa shape index (κ3) is 8.13. The molecule has 2 aromatic rings. The molecule has 1 aliphatic rings. The smallest absolute Gasteiger partial charge is 0.416 e. The first-order valence-electron chi connectivity index (χ1n) is 13.8. The minimum atomic E-state index is -5.10. The van der Waals surface area contributed by atoms with Crippen LogP contribution in [0.4, 0.5) is 35.5 Å². The number of hydrogen-bond donors (Lipinski definition) is 0. The molecule has 2 aromatic carbocycles. The van der Waals surface area contributed by atoms with Crippen molar-refractivity contribution in [3.8, 4) is 0 Å². The van der Waals surface area contributed by atoms with E-state index in [1.807, 2.05) is 0 Å². The van der Waals surface area contributed by atoms with Crippen LogP contribution >= 0.6 is 0 Å². The van der Waals surface area contributed by atoms with Gasteiger partial charge in [-0.2, -0.15) is 26.3 Å². The number of alkyl halides is 6. The van der Waals surface area contributed by atoms with Crippen molar-refractivity contribution in [2.75, 3.05) is 13.7 Å². The van der Waals surface area contributed by atoms with Crippen LogP contribution in [0.25, 0.3) is 0 Å². The molecule has 45 heavy (non-hydrogen) atoms. The SMILES string of the molecule is COC(=O)C(C)(CC=O)[C@H]1[C@H](c2ccc(F)cc2)[C@@H](O[C@H](C)c2cc(C(F)(F)F)cc(C(F)(F)F)c2)CN1C(=O)OC(C)(C)C. The number of benzene rings is 2. The lowest BCUT2D eigenvalue weighted by Crippen LogP contribution is -2.53. The standard InChI is InChI=1S/C31H34F7NO6/c1-17(19-13-20(30(33,34)35)15-21(14-19)31(36,37)38)44-23-16-39(27(42)45-28(2,3)4)25(29(5,11-12-40)26(41)43-6)24(23)18-7-9-22(32)10-8-18/h7-10,12-15,17,23-25H,11,16H2,1-6H3/t17-,23+,24-,25-,29?/m1/s1. The summed E-state index contributed by atoms with van der Waals surface area (Å²) in [6.07, 6.45) is -13.7. The van der Waals surface area contributed by atoms with Crippen LogP contribution in [-0.4, -0.2) is 54.7 Å². The molecule has 1 heterocycles. The summed E-state index contributed by atoms with van der Waals surface area (Å²) in [7, 11) is 1.08. The number of likely N-dealkylation sites (tertiary alicyclic amines) is 1. The van der Waals surface area contributed by atoms with Crippen LogP contribution in [0.1, 0.15) is 75.3 Å². The second-order valence-corrected chi connectivity index (χ2v) is 12.1. The van der Waals surface area contributed by atoms with Gasteiger partial charge in [-0.15, -0.1) is 0 Å². The van der Waals surface area contributed by atoms with Gasteiger partial charge in [0, 0.05) is 12.3 Å². The van der Waals surface area contributed by atoms with Gasteiger partial charge in [-0.25, -0.2) is 9.18 Å². The number of halogens is 7. The molecule has 0 aliphatic carbocycles. The van der Waals surface area contributed by atoms with E-state index >= 15 is 0 Å². The normalized spacial score (nSPS) is 21.2. The molecule has 0 bridgehead atoms. The lowest BCUT2D eigenvalue weighted by atomic mass is 9.71. The van der Waals surface area contributed by atoms with Gasteiger partial charge in [0.2, 0.25) is 0 Å². The largest absolute Gasteiger partial charge is 0.469 e. The molecule has 1 fully saturated rings. The molecule has 1 amide bonds. The summed E-state index contributed by atoms with van der Waals surface area (Å²) in [4.78, 5) is 39.8. The maximum absolute atomic E-state index is 14.0. The van der Waals surface area contributed by atoms with Crippen LogP contribution in [0.5, 0.6) is 0 Å². The Morgan fingerprint density at radius 2 is 1.49 bits per heavy atom. The van der Waals surface area contributed by atoms with Crippen molar-refractivity contribution in [3.05, 3.63) is 70.5 Å². The Morgan fingerprint density at radius 1 is 0.956 bits per heavy atom. The van der Waals surface area contributed by atoms with E-state index < -0.39 is 88.5 Å². The number of methoxy groups -OCH3 is 1. The number of nitrogens with zero attached hydrogens (tertiary/aromatic N) is 1. The van der Waals surface area contributed by atoms with Gasteiger partial charge in [0.25, 0.3) is 0 Å². The molecule has 3 rings (SSSR count). The van der Waals surface area contributed by atoms with Crippen molar-refractivity contribution >= 4 is 18.3 Å². The van der Waals surface area contributed by atoms with Crippen molar-refractivity contribution in [1.82, 2.24) is 4.90 Å². The summed E-state index contributed by atoms with van der Waals surface area (Å²) >= 11 is 0. The Labute approximate surface area is 255 Å². The topological polar surface area (TPSA) is 82.1 Å². The minimum Gasteiger partial charge on any atom is -0.469 e. The average molecular weight is 650 g/mol. The van der Waals surface area contributed by atoms with E-state index in [2.05, 4.69) is 0 Å². The molecule has 248 valence electrons. The maximum Gasteiger partial charge on any atom is 0.416 e. The zero-order valence-electron chi connectivity index (χ0n) is 25.4. The highest BCUT2D eigenvalue weighted by Gasteiger charge is 2.58. The number of amides is 1. The van der Waals surface area contributed by atoms with Gasteiger partial charge in [-0.3, -0.25) is 4.79 Å². The lowest BCUT2D eigenvalue weighted by Gasteiger charge is -2.40. The highest BCUT2D eigenvalue weighted by molar-refractivity contribution is 5.82. The van der Waals surface area contributed by atoms with Crippen LogP contribution in [0.3, 0.4) is 0 Å². The molecule has 0 spiro atoms. The number of carbonyl (C=O) groups is 3. The van der Waals surface area contributed by atoms with Gasteiger partial charge in [-0.05, 0) is 76.1 Å². The molecule has 5 atom stereocenters. The zero-order chi connectivity index (χ0) is 34.1. The summed E-state index contributed by atoms with van der Waals surface area (Å²) in [5, 5.41) is 0. The van der Waals surface area contributed by atoms with Gasteiger partial charge >= 0.3 is 24.4 Å². The van der Waals surface area contributed by atoms with Crippen molar-refractivity contribution in [2.24, 2.45) is 5.41 Å². The first kappa shape index (κ1) is 35.8. The third-order valence-corrected chi connectivity index (χ3v) is 7.61. The predicted molar refractivity (Wildman–Crippen MR) is 146 cm³/mol. The summed E-state index contributed by atoms with van der Waals surface area (Å²) in [6, 6.07) is 4.70. The van der Waals surface area contributed by atoms with Gasteiger partial charge in [0.05, 0.1) is 48.4 Å². The summed E-state index contributed by atoms with van der Waals surface area (Å²) < 4.78 is 112. The molecule has 14 heteroatoms. The van der Waals surface area contributed by atoms with E-state index in [1.165, 1.54) is 26.0 Å². The maximum atomic E-state index is 14.0. The van der Waals surface area contributed by atoms with Crippen LogP contribution in [0, 0.1) is 11.2 Å². The minimum absolute atomic E-state index is 0.00536. The Morgan fingerprint density at radius 3 is 1.93 bits per heavy atom. The molecule has 1 aliphatic heterocycles. The number of rotatable bonds is 8. The average Bonchev–Trinajstić information content (AvgIpc) is 3.30. The fourth-order valence-electron chi connectivity index (χ4n) is 5.56. The molecule has 0 aromatic heterocycles. The Bertz CT molecular complexity index is 1350. The molecule has 0 saturated carbocycles. The molecular weight excluding hydrogens is 615 g/mol. The monoisotopic (exact) mass is 649 g/mol. The quantitative estimate of drug-likeness (QED) is 0.168. The molecule has 0 radical (unpaired) electrons. The number of hydrogen-bond acceptors (Lipinski definition) is 6. The molecule has 1 saturated heterocycles. The summed E-state index contributed by atoms with van der Waals surface area (Å²) in [5.74, 6) is -2.57. The van der Waals surface area contributed by atoms with Crippen molar-refractivity contribution in [2.45, 2.75) is 83.2 Å². The van der Waals surface area contributed by atoms with Crippen LogP contribution in [0.15, 0.2) is 42.5 Å². The van der Waals surface area contributed by atoms with Gasteiger partial charge in [-0.1, -0.05) is 12.1 Å². The molecule has 7 nitrogen and oxygen atoms in total. The fraction of sp³-hybridized carbons (Fsp3) is 0.516. The van der Waals surface area contributed by atoms with E-state index in [-0.39, 0.29) is 12.6 Å². The van der Waals surface area contributed by atoms with E-state index in [0.717, 1.165) is 24.1 Å². The van der Waals surface area contributed by atoms with Crippen LogP contribution < -0.4 is 0 Å². The van der Waals surface area contributed by atoms with E-state index in [1.54, 1.807) is 20.8 Å². The number of ether oxygens (including phenoxy) is 3. The van der Waals surface area contributed by atoms with E-state index in [4.69, 9.17) is 14.2 Å². The Kier molecular flexibility index (Phi) is 10.3. The van der Waals surface area contributed by atoms with Crippen molar-refractivity contribution in [1.29, 1.82) is 0 Å². The first-order valence-corrected chi connectivity index (χ1v) is 13.8. The van der Waals surface area contributed by atoms with Crippen LogP contribution in [-0.2, 0) is 36.2 Å². The van der Waals surface area contributed by atoms with Gasteiger partial charge in [0.1, 0.15) is 17.7 Å². The highest BCUT2D eigenvalue weighted by atomic mass is 19.4. The molecule has 1 unspecified atom stereocenters. The lowest BCUT2D eigenvalue weighted by molar-refractivity contribution is -0.157. The van der Waals surface area contributed by atoms with Gasteiger partial charge in [0.15, 0.2) is 0 Å². The fourth-order valence-corrected chi connectivity index (χ4v) is 5.56. The van der Waals surface area contributed by atoms with Crippen molar-refractivity contribution in [3.63, 3.8) is 0 Å². The first-order chi connectivity index (χ1) is 20.6. The summed E-state index contributed by atoms with van der Waals surface area (Å²) in [6.45, 7) is 7.01. The predicted octanol–water partition coefficient (Wildman–Crippen LogP) is 7.48. The zero-order valence-corrected chi connectivity index (χ0v) is 25.4. The second kappa shape index (κ2) is 13.0. The summed E-state index contributed by atoms with van der Waals surface area (Å²) in [5.41, 5.74) is -5.99. The number of esters is 1. The van der Waals surface area contributed by atoms with E-state index in [0.29, 0.717) is 24.0 Å². The van der Waals surface area contributed by atoms with Crippen LogP contribution in [0.2, 0.25) is 0 Å². The Balaban J connectivity index is 2.22. The highest BCUT2D eigenvalue weighted by Crippen LogP contribution is 2.48. The Hall–Kier alpha value is -3.68. The number of carbonyl (C=O) groups excluding carboxylic acids is 3. The van der Waals surface area contributed by atoms with Crippen molar-refractivity contribution < 1.29 is 59.3 Å². The van der Waals surface area contributed by atoms with Gasteiger partial charge < -0.3 is 23.9 Å². The molecule has 0 N–H and O–H groups in total.